The van der Waals surface area contributed by atoms with Crippen molar-refractivity contribution >= 4 is 22.9 Å². The van der Waals surface area contributed by atoms with Gasteiger partial charge in [-0.25, -0.2) is 4.79 Å². The molecule has 1 aliphatic heterocycles. The Kier molecular flexibility index (Phi) is 4.07. The van der Waals surface area contributed by atoms with E-state index in [9.17, 15) is 14.1 Å². The first-order valence-corrected chi connectivity index (χ1v) is 8.59. The standard InChI is InChI=1S/C20H18FN3O3/c1-12(19(22)25)18-17(24(21)20(26)27-18)14-6-8-15(9-7-14)23-11-10-13-4-2-3-5-16(13)23/h2-12,17-18H,1H3,(H2,22,25). The fraction of sp³-hybridized carbons (Fsp3) is 0.200. The van der Waals surface area contributed by atoms with Gasteiger partial charge in [0, 0.05) is 11.9 Å². The Hall–Kier alpha value is -3.35. The first-order chi connectivity index (χ1) is 13.0. The molecule has 2 N–H and O–H groups in total. The number of cyclic esters (lactones) is 1. The molecule has 2 aromatic carbocycles. The minimum absolute atomic E-state index is 0.0180. The molecule has 0 bridgehead atoms. The minimum atomic E-state index is -1.11. The average molecular weight is 367 g/mol. The van der Waals surface area contributed by atoms with Gasteiger partial charge in [0.2, 0.25) is 5.91 Å². The molecule has 0 radical (unpaired) electrons. The number of fused-ring (bicyclic) bond motifs is 1. The molecule has 2 amide bonds. The topological polar surface area (TPSA) is 77.6 Å². The van der Waals surface area contributed by atoms with Crippen molar-refractivity contribution in [2.24, 2.45) is 11.7 Å². The molecule has 1 saturated heterocycles. The van der Waals surface area contributed by atoms with Crippen molar-refractivity contribution < 1.29 is 18.8 Å². The van der Waals surface area contributed by atoms with Crippen LogP contribution in [0, 0.1) is 5.92 Å². The fourth-order valence-corrected chi connectivity index (χ4v) is 3.47. The van der Waals surface area contributed by atoms with Gasteiger partial charge in [0.25, 0.3) is 0 Å². The number of rotatable bonds is 4. The van der Waals surface area contributed by atoms with Crippen LogP contribution in [0.5, 0.6) is 0 Å². The van der Waals surface area contributed by atoms with Crippen LogP contribution in [0.25, 0.3) is 16.6 Å². The van der Waals surface area contributed by atoms with E-state index in [2.05, 4.69) is 0 Å². The summed E-state index contributed by atoms with van der Waals surface area (Å²) in [6.45, 7) is 1.52. The second-order valence-electron chi connectivity index (χ2n) is 6.63. The van der Waals surface area contributed by atoms with E-state index in [0.29, 0.717) is 5.56 Å². The monoisotopic (exact) mass is 367 g/mol. The van der Waals surface area contributed by atoms with Crippen molar-refractivity contribution in [3.63, 3.8) is 0 Å². The van der Waals surface area contributed by atoms with Gasteiger partial charge >= 0.3 is 6.09 Å². The molecule has 1 aliphatic rings. The van der Waals surface area contributed by atoms with Crippen molar-refractivity contribution in [2.75, 3.05) is 0 Å². The summed E-state index contributed by atoms with van der Waals surface area (Å²) in [7, 11) is 0. The Labute approximate surface area is 154 Å². The summed E-state index contributed by atoms with van der Waals surface area (Å²) >= 11 is 0. The Balaban J connectivity index is 1.68. The van der Waals surface area contributed by atoms with E-state index in [4.69, 9.17) is 10.5 Å². The SMILES string of the molecule is CC(C(N)=O)C1OC(=O)N(F)C1c1ccc(-n2ccc3ccccc32)cc1. The largest absolute Gasteiger partial charge is 0.441 e. The molecule has 0 aliphatic carbocycles. The molecule has 2 heterocycles. The summed E-state index contributed by atoms with van der Waals surface area (Å²) in [6.07, 6.45) is -0.127. The van der Waals surface area contributed by atoms with Crippen molar-refractivity contribution in [2.45, 2.75) is 19.1 Å². The number of aromatic nitrogens is 1. The van der Waals surface area contributed by atoms with Gasteiger partial charge < -0.3 is 15.0 Å². The van der Waals surface area contributed by atoms with Crippen LogP contribution in [0.4, 0.5) is 9.28 Å². The minimum Gasteiger partial charge on any atom is -0.441 e. The van der Waals surface area contributed by atoms with E-state index in [1.54, 1.807) is 12.1 Å². The van der Waals surface area contributed by atoms with E-state index in [1.165, 1.54) is 6.92 Å². The quantitative estimate of drug-likeness (QED) is 0.717. The van der Waals surface area contributed by atoms with Gasteiger partial charge in [-0.05, 0) is 42.1 Å². The average Bonchev–Trinajstić information content (AvgIpc) is 3.23. The van der Waals surface area contributed by atoms with Gasteiger partial charge in [-0.3, -0.25) is 4.79 Å². The second-order valence-corrected chi connectivity index (χ2v) is 6.63. The van der Waals surface area contributed by atoms with Gasteiger partial charge in [-0.2, -0.15) is 0 Å². The smallest absolute Gasteiger partial charge is 0.439 e. The van der Waals surface area contributed by atoms with Gasteiger partial charge in [-0.1, -0.05) is 34.8 Å². The van der Waals surface area contributed by atoms with Crippen molar-refractivity contribution in [3.8, 4) is 5.69 Å². The highest BCUT2D eigenvalue weighted by Crippen LogP contribution is 2.37. The maximum Gasteiger partial charge on any atom is 0.439 e. The van der Waals surface area contributed by atoms with Crippen LogP contribution in [-0.2, 0) is 9.53 Å². The van der Waals surface area contributed by atoms with Gasteiger partial charge in [0.15, 0.2) is 0 Å². The van der Waals surface area contributed by atoms with E-state index in [0.717, 1.165) is 16.6 Å². The number of primary amides is 1. The van der Waals surface area contributed by atoms with E-state index >= 15 is 0 Å². The summed E-state index contributed by atoms with van der Waals surface area (Å²) in [4.78, 5) is 23.2. The number of para-hydroxylation sites is 1. The molecule has 7 heteroatoms. The lowest BCUT2D eigenvalue weighted by atomic mass is 9.92. The number of nitrogens with zero attached hydrogens (tertiary/aromatic N) is 2. The Bertz CT molecular complexity index is 1010. The third-order valence-electron chi connectivity index (χ3n) is 5.02. The summed E-state index contributed by atoms with van der Waals surface area (Å²) in [5, 5.41) is 1.13. The van der Waals surface area contributed by atoms with Crippen LogP contribution >= 0.6 is 0 Å². The van der Waals surface area contributed by atoms with Crippen LogP contribution in [-0.4, -0.2) is 27.8 Å². The first-order valence-electron chi connectivity index (χ1n) is 8.59. The summed E-state index contributed by atoms with van der Waals surface area (Å²) in [6, 6.07) is 16.1. The predicted molar refractivity (Wildman–Crippen MR) is 97.6 cm³/mol. The van der Waals surface area contributed by atoms with Crippen molar-refractivity contribution in [1.29, 1.82) is 0 Å². The number of hydrogen-bond donors (Lipinski definition) is 1. The Morgan fingerprint density at radius 1 is 1.15 bits per heavy atom. The first kappa shape index (κ1) is 17.1. The normalized spacial score (nSPS) is 20.7. The van der Waals surface area contributed by atoms with Gasteiger partial charge in [-0.15, -0.1) is 5.12 Å². The molecule has 0 spiro atoms. The highest BCUT2D eigenvalue weighted by molar-refractivity contribution is 5.82. The van der Waals surface area contributed by atoms with Crippen molar-refractivity contribution in [1.82, 2.24) is 9.69 Å². The molecule has 6 nitrogen and oxygen atoms in total. The van der Waals surface area contributed by atoms with Crippen LogP contribution in [0.15, 0.2) is 60.8 Å². The zero-order chi connectivity index (χ0) is 19.1. The van der Waals surface area contributed by atoms with E-state index < -0.39 is 30.1 Å². The lowest BCUT2D eigenvalue weighted by Gasteiger charge is -2.22. The number of nitrogens with two attached hydrogens (primary N) is 1. The van der Waals surface area contributed by atoms with Crippen molar-refractivity contribution in [3.05, 3.63) is 66.4 Å². The van der Waals surface area contributed by atoms with Crippen LogP contribution in [0.3, 0.4) is 0 Å². The number of carbonyl (C=O) groups is 2. The maximum absolute atomic E-state index is 14.3. The predicted octanol–water partition coefficient (Wildman–Crippen LogP) is 3.50. The Morgan fingerprint density at radius 3 is 2.56 bits per heavy atom. The van der Waals surface area contributed by atoms with Gasteiger partial charge in [0.1, 0.15) is 12.1 Å². The molecule has 1 fully saturated rings. The maximum atomic E-state index is 14.3. The molecule has 138 valence electrons. The molecule has 3 aromatic rings. The lowest BCUT2D eigenvalue weighted by Crippen LogP contribution is -2.35. The highest BCUT2D eigenvalue weighted by Gasteiger charge is 2.47. The molecule has 3 atom stereocenters. The molecule has 4 rings (SSSR count). The molecule has 27 heavy (non-hydrogen) atoms. The molecular formula is C20H18FN3O3. The van der Waals surface area contributed by atoms with Crippen LogP contribution < -0.4 is 5.73 Å². The number of amides is 2. The van der Waals surface area contributed by atoms with Crippen LogP contribution in [0.1, 0.15) is 18.5 Å². The van der Waals surface area contributed by atoms with Gasteiger partial charge in [0.05, 0.1) is 11.4 Å². The third kappa shape index (κ3) is 2.81. The molecule has 3 unspecified atom stereocenters. The summed E-state index contributed by atoms with van der Waals surface area (Å²) < 4.78 is 21.4. The number of halogens is 1. The van der Waals surface area contributed by atoms with E-state index in [-0.39, 0.29) is 5.12 Å². The third-order valence-corrected chi connectivity index (χ3v) is 5.02. The molecule has 0 saturated carbocycles. The Morgan fingerprint density at radius 2 is 1.85 bits per heavy atom. The molecule has 1 aromatic heterocycles. The fourth-order valence-electron chi connectivity index (χ4n) is 3.47. The summed E-state index contributed by atoms with van der Waals surface area (Å²) in [5.74, 6) is -1.46. The van der Waals surface area contributed by atoms with Crippen LogP contribution in [0.2, 0.25) is 0 Å². The number of hydrogen-bond acceptors (Lipinski definition) is 3. The summed E-state index contributed by atoms with van der Waals surface area (Å²) in [5.41, 5.74) is 7.79. The lowest BCUT2D eigenvalue weighted by molar-refractivity contribution is -0.124. The van der Waals surface area contributed by atoms with E-state index in [1.807, 2.05) is 53.2 Å². The number of benzene rings is 2. The zero-order valence-electron chi connectivity index (χ0n) is 14.6. The number of carbonyl (C=O) groups excluding carboxylic acids is 2. The molecular weight excluding hydrogens is 349 g/mol. The number of ether oxygens (including phenoxy) is 1. The zero-order valence-corrected chi connectivity index (χ0v) is 14.6. The highest BCUT2D eigenvalue weighted by atomic mass is 19.2. The second kappa shape index (κ2) is 6.42.